The Kier molecular flexibility index (Phi) is 6.07. The van der Waals surface area contributed by atoms with E-state index in [0.29, 0.717) is 0 Å². The van der Waals surface area contributed by atoms with Gasteiger partial charge in [-0.2, -0.15) is 0 Å². The largest absolute Gasteiger partial charge is 0.497 e. The fourth-order valence-electron chi connectivity index (χ4n) is 2.58. The first kappa shape index (κ1) is 16.1. The molecule has 0 unspecified atom stereocenters. The molecule has 1 aromatic carbocycles. The minimum atomic E-state index is -0.0130. The lowest BCUT2D eigenvalue weighted by atomic mass is 10.0. The van der Waals surface area contributed by atoms with Crippen LogP contribution in [0, 0.1) is 0 Å². The van der Waals surface area contributed by atoms with E-state index in [9.17, 15) is 4.79 Å². The van der Waals surface area contributed by atoms with Crippen molar-refractivity contribution in [1.82, 2.24) is 5.32 Å². The summed E-state index contributed by atoms with van der Waals surface area (Å²) in [5, 5.41) is 3.06. The Labute approximate surface area is 132 Å². The van der Waals surface area contributed by atoms with E-state index >= 15 is 0 Å². The number of nitrogens with zero attached hydrogens (tertiary/aromatic N) is 1. The van der Waals surface area contributed by atoms with Gasteiger partial charge in [0.15, 0.2) is 0 Å². The summed E-state index contributed by atoms with van der Waals surface area (Å²) >= 11 is 0. The summed E-state index contributed by atoms with van der Waals surface area (Å²) in [5.41, 5.74) is 1.21. The quantitative estimate of drug-likeness (QED) is 0.671. The number of piperidine rings is 1. The molecule has 2 rings (SSSR count). The number of carbonyl (C=O) groups is 1. The molecule has 1 fully saturated rings. The van der Waals surface area contributed by atoms with Crippen molar-refractivity contribution >= 4 is 11.6 Å². The first-order valence-electron chi connectivity index (χ1n) is 7.72. The number of anilines is 1. The van der Waals surface area contributed by atoms with Crippen molar-refractivity contribution in [2.24, 2.45) is 0 Å². The van der Waals surface area contributed by atoms with Gasteiger partial charge in [-0.05, 0) is 44.0 Å². The molecule has 0 radical (unpaired) electrons. The highest BCUT2D eigenvalue weighted by Gasteiger charge is 2.20. The summed E-state index contributed by atoms with van der Waals surface area (Å²) in [7, 11) is 1.67. The molecule has 0 saturated carbocycles. The van der Waals surface area contributed by atoms with Crippen LogP contribution in [0.1, 0.15) is 19.8 Å². The van der Waals surface area contributed by atoms with E-state index in [2.05, 4.69) is 22.3 Å². The number of benzene rings is 1. The van der Waals surface area contributed by atoms with Gasteiger partial charge in [-0.1, -0.05) is 18.2 Å². The van der Waals surface area contributed by atoms with Crippen LogP contribution in [0.15, 0.2) is 48.6 Å². The maximum absolute atomic E-state index is 11.7. The number of carbonyl (C=O) groups excluding carboxylic acids is 1. The van der Waals surface area contributed by atoms with Crippen LogP contribution in [0.3, 0.4) is 0 Å². The highest BCUT2D eigenvalue weighted by atomic mass is 16.5. The molecule has 1 aromatic rings. The maximum Gasteiger partial charge on any atom is 0.244 e. The summed E-state index contributed by atoms with van der Waals surface area (Å²) in [6.45, 7) is 3.84. The molecule has 0 aromatic heterocycles. The van der Waals surface area contributed by atoms with Crippen molar-refractivity contribution in [3.8, 4) is 5.75 Å². The second kappa shape index (κ2) is 8.27. The van der Waals surface area contributed by atoms with Gasteiger partial charge in [0.05, 0.1) is 7.11 Å². The van der Waals surface area contributed by atoms with Gasteiger partial charge in [0.2, 0.25) is 5.91 Å². The fraction of sp³-hybridized carbons (Fsp3) is 0.389. The maximum atomic E-state index is 11.7. The number of hydrogen-bond acceptors (Lipinski definition) is 3. The number of methoxy groups -OCH3 is 1. The topological polar surface area (TPSA) is 41.6 Å². The molecule has 1 aliphatic heterocycles. The third-order valence-electron chi connectivity index (χ3n) is 3.83. The molecule has 4 nitrogen and oxygen atoms in total. The number of rotatable bonds is 5. The van der Waals surface area contributed by atoms with Crippen LogP contribution < -0.4 is 15.0 Å². The second-order valence-corrected chi connectivity index (χ2v) is 5.35. The lowest BCUT2D eigenvalue weighted by molar-refractivity contribution is -0.117. The Morgan fingerprint density at radius 1 is 1.23 bits per heavy atom. The molecule has 1 heterocycles. The van der Waals surface area contributed by atoms with Crippen molar-refractivity contribution in [2.45, 2.75) is 25.8 Å². The summed E-state index contributed by atoms with van der Waals surface area (Å²) in [5.74, 6) is 0.861. The van der Waals surface area contributed by atoms with Gasteiger partial charge >= 0.3 is 0 Å². The van der Waals surface area contributed by atoms with E-state index in [1.165, 1.54) is 5.69 Å². The molecule has 0 spiro atoms. The lowest BCUT2D eigenvalue weighted by Crippen LogP contribution is -2.44. The Bertz CT molecular complexity index is 527. The predicted molar refractivity (Wildman–Crippen MR) is 90.3 cm³/mol. The van der Waals surface area contributed by atoms with Crippen molar-refractivity contribution in [3.05, 3.63) is 48.6 Å². The number of amides is 1. The first-order valence-corrected chi connectivity index (χ1v) is 7.72. The molecule has 1 amide bonds. The molecule has 1 N–H and O–H groups in total. The van der Waals surface area contributed by atoms with Gasteiger partial charge in [0.1, 0.15) is 5.75 Å². The first-order chi connectivity index (χ1) is 10.7. The van der Waals surface area contributed by atoms with Gasteiger partial charge in [-0.3, -0.25) is 4.79 Å². The molecule has 0 atom stereocenters. The van der Waals surface area contributed by atoms with E-state index < -0.39 is 0 Å². The summed E-state index contributed by atoms with van der Waals surface area (Å²) in [6, 6.07) is 8.39. The smallest absolute Gasteiger partial charge is 0.244 e. The Morgan fingerprint density at radius 2 is 1.91 bits per heavy atom. The van der Waals surface area contributed by atoms with Crippen molar-refractivity contribution in [1.29, 1.82) is 0 Å². The average Bonchev–Trinajstić information content (AvgIpc) is 2.56. The van der Waals surface area contributed by atoms with Crippen molar-refractivity contribution in [2.75, 3.05) is 25.1 Å². The van der Waals surface area contributed by atoms with Crippen LogP contribution >= 0.6 is 0 Å². The van der Waals surface area contributed by atoms with Gasteiger partial charge in [0, 0.05) is 30.9 Å². The molecular formula is C18H24N2O2. The van der Waals surface area contributed by atoms with Gasteiger partial charge < -0.3 is 15.0 Å². The van der Waals surface area contributed by atoms with E-state index in [1.807, 2.05) is 31.2 Å². The minimum absolute atomic E-state index is 0.0130. The molecule has 118 valence electrons. The third-order valence-corrected chi connectivity index (χ3v) is 3.83. The summed E-state index contributed by atoms with van der Waals surface area (Å²) in [6.07, 6.45) is 9.03. The number of nitrogens with one attached hydrogen (secondary N) is 1. The molecule has 4 heteroatoms. The zero-order valence-corrected chi connectivity index (χ0v) is 13.3. The number of hydrogen-bond donors (Lipinski definition) is 1. The highest BCUT2D eigenvalue weighted by Crippen LogP contribution is 2.22. The van der Waals surface area contributed by atoms with Crippen LogP contribution in [0.25, 0.3) is 0 Å². The Morgan fingerprint density at radius 3 is 2.50 bits per heavy atom. The predicted octanol–water partition coefficient (Wildman–Crippen LogP) is 2.91. The molecule has 0 aliphatic carbocycles. The van der Waals surface area contributed by atoms with Gasteiger partial charge in [-0.15, -0.1) is 0 Å². The van der Waals surface area contributed by atoms with E-state index in [0.717, 1.165) is 31.7 Å². The van der Waals surface area contributed by atoms with E-state index in [-0.39, 0.29) is 11.9 Å². The summed E-state index contributed by atoms with van der Waals surface area (Å²) in [4.78, 5) is 14.1. The number of allylic oxidation sites excluding steroid dienone is 3. The van der Waals surface area contributed by atoms with Crippen LogP contribution in [0.4, 0.5) is 5.69 Å². The standard InChI is InChI=1S/C18H24N2O2/c1-3-4-5-6-18(21)19-15-11-13-20(14-12-15)16-7-9-17(22-2)10-8-16/h3-10,15H,11-14H2,1-2H3,(H,19,21). The van der Waals surface area contributed by atoms with Crippen LogP contribution in [-0.4, -0.2) is 32.1 Å². The van der Waals surface area contributed by atoms with E-state index in [4.69, 9.17) is 4.74 Å². The zero-order chi connectivity index (χ0) is 15.8. The van der Waals surface area contributed by atoms with Crippen molar-refractivity contribution < 1.29 is 9.53 Å². The fourth-order valence-corrected chi connectivity index (χ4v) is 2.58. The van der Waals surface area contributed by atoms with Crippen LogP contribution in [0.2, 0.25) is 0 Å². The lowest BCUT2D eigenvalue weighted by Gasteiger charge is -2.33. The third kappa shape index (κ3) is 4.65. The van der Waals surface area contributed by atoms with E-state index in [1.54, 1.807) is 19.3 Å². The SMILES string of the molecule is CC=CC=CC(=O)NC1CCN(c2ccc(OC)cc2)CC1. The van der Waals surface area contributed by atoms with Crippen LogP contribution in [-0.2, 0) is 4.79 Å². The van der Waals surface area contributed by atoms with Gasteiger partial charge in [-0.25, -0.2) is 0 Å². The number of ether oxygens (including phenoxy) is 1. The molecular weight excluding hydrogens is 276 g/mol. The Hall–Kier alpha value is -2.23. The normalized spacial score (nSPS) is 16.4. The van der Waals surface area contributed by atoms with Crippen LogP contribution in [0.5, 0.6) is 5.75 Å². The average molecular weight is 300 g/mol. The monoisotopic (exact) mass is 300 g/mol. The molecule has 1 aliphatic rings. The molecule has 0 bridgehead atoms. The summed E-state index contributed by atoms with van der Waals surface area (Å²) < 4.78 is 5.18. The minimum Gasteiger partial charge on any atom is -0.497 e. The zero-order valence-electron chi connectivity index (χ0n) is 13.3. The Balaban J connectivity index is 1.81. The van der Waals surface area contributed by atoms with Crippen molar-refractivity contribution in [3.63, 3.8) is 0 Å². The highest BCUT2D eigenvalue weighted by molar-refractivity contribution is 5.88. The van der Waals surface area contributed by atoms with Gasteiger partial charge in [0.25, 0.3) is 0 Å². The molecule has 22 heavy (non-hydrogen) atoms. The molecule has 1 saturated heterocycles. The second-order valence-electron chi connectivity index (χ2n) is 5.35.